The van der Waals surface area contributed by atoms with Crippen molar-refractivity contribution in [1.29, 1.82) is 0 Å². The third-order valence-corrected chi connectivity index (χ3v) is 4.49. The molecule has 1 heterocycles. The Labute approximate surface area is 136 Å². The van der Waals surface area contributed by atoms with Crippen molar-refractivity contribution in [2.24, 2.45) is 0 Å². The fourth-order valence-electron chi connectivity index (χ4n) is 3.11. The molecule has 118 valence electrons. The number of carbonyl (C=O) groups excluding carboxylic acids is 1. The summed E-state index contributed by atoms with van der Waals surface area (Å²) in [6, 6.07) is 14.3. The van der Waals surface area contributed by atoms with Crippen molar-refractivity contribution < 1.29 is 4.79 Å². The molecule has 0 amide bonds. The molecule has 0 unspecified atom stereocenters. The number of anilines is 1. The maximum atomic E-state index is 12.7. The molecule has 0 aliphatic carbocycles. The summed E-state index contributed by atoms with van der Waals surface area (Å²) in [5, 5.41) is 4.41. The van der Waals surface area contributed by atoms with Gasteiger partial charge in [0.2, 0.25) is 0 Å². The van der Waals surface area contributed by atoms with Gasteiger partial charge in [0, 0.05) is 16.8 Å². The molecule has 0 saturated heterocycles. The van der Waals surface area contributed by atoms with E-state index in [1.807, 2.05) is 35.8 Å². The SMILES string of the molecule is Cc1ccc(NCC(=O)n2c(C)c(C)c3ccccc32)c(C)c1. The largest absolute Gasteiger partial charge is 0.376 e. The van der Waals surface area contributed by atoms with Gasteiger partial charge in [-0.3, -0.25) is 9.36 Å². The number of nitrogens with one attached hydrogen (secondary N) is 1. The van der Waals surface area contributed by atoms with E-state index in [1.165, 1.54) is 11.1 Å². The predicted molar refractivity (Wildman–Crippen MR) is 96.4 cm³/mol. The Kier molecular flexibility index (Phi) is 3.95. The Bertz CT molecular complexity index is 890. The van der Waals surface area contributed by atoms with Crippen LogP contribution in [-0.2, 0) is 0 Å². The predicted octanol–water partition coefficient (Wildman–Crippen LogP) is 4.63. The second-order valence-corrected chi connectivity index (χ2v) is 6.13. The summed E-state index contributed by atoms with van der Waals surface area (Å²) in [6.45, 7) is 8.48. The van der Waals surface area contributed by atoms with Gasteiger partial charge in [0.1, 0.15) is 0 Å². The lowest BCUT2D eigenvalue weighted by atomic mass is 10.1. The van der Waals surface area contributed by atoms with Gasteiger partial charge in [-0.2, -0.15) is 0 Å². The van der Waals surface area contributed by atoms with Crippen molar-refractivity contribution in [3.8, 4) is 0 Å². The van der Waals surface area contributed by atoms with Crippen molar-refractivity contribution in [3.63, 3.8) is 0 Å². The van der Waals surface area contributed by atoms with Crippen molar-refractivity contribution in [2.45, 2.75) is 27.7 Å². The van der Waals surface area contributed by atoms with E-state index in [1.54, 1.807) is 0 Å². The number of fused-ring (bicyclic) bond motifs is 1. The summed E-state index contributed by atoms with van der Waals surface area (Å²) in [6.07, 6.45) is 0. The van der Waals surface area contributed by atoms with Crippen molar-refractivity contribution in [3.05, 3.63) is 64.8 Å². The molecule has 0 aliphatic heterocycles. The van der Waals surface area contributed by atoms with Gasteiger partial charge in [-0.1, -0.05) is 35.9 Å². The molecule has 3 heteroatoms. The minimum Gasteiger partial charge on any atom is -0.376 e. The lowest BCUT2D eigenvalue weighted by Gasteiger charge is -2.12. The number of benzene rings is 2. The average Bonchev–Trinajstić information content (AvgIpc) is 2.78. The first-order valence-electron chi connectivity index (χ1n) is 7.90. The van der Waals surface area contributed by atoms with Gasteiger partial charge in [-0.05, 0) is 51.0 Å². The second kappa shape index (κ2) is 5.92. The van der Waals surface area contributed by atoms with Crippen LogP contribution in [0.5, 0.6) is 0 Å². The van der Waals surface area contributed by atoms with E-state index in [9.17, 15) is 4.79 Å². The number of carbonyl (C=O) groups is 1. The average molecular weight is 306 g/mol. The van der Waals surface area contributed by atoms with Crippen LogP contribution in [-0.4, -0.2) is 17.0 Å². The highest BCUT2D eigenvalue weighted by molar-refractivity contribution is 5.97. The smallest absolute Gasteiger partial charge is 0.250 e. The van der Waals surface area contributed by atoms with Gasteiger partial charge in [0.25, 0.3) is 5.91 Å². The lowest BCUT2D eigenvalue weighted by Crippen LogP contribution is -2.22. The minimum atomic E-state index is 0.0618. The molecule has 0 atom stereocenters. The number of hydrogen-bond donors (Lipinski definition) is 1. The molecule has 3 nitrogen and oxygen atoms in total. The minimum absolute atomic E-state index is 0.0618. The van der Waals surface area contributed by atoms with E-state index in [4.69, 9.17) is 0 Å². The monoisotopic (exact) mass is 306 g/mol. The van der Waals surface area contributed by atoms with Crippen LogP contribution in [0.3, 0.4) is 0 Å². The molecule has 3 aromatic rings. The molecule has 0 radical (unpaired) electrons. The van der Waals surface area contributed by atoms with Crippen LogP contribution in [0.1, 0.15) is 27.2 Å². The Morgan fingerprint density at radius 1 is 1.04 bits per heavy atom. The molecular formula is C20H22N2O. The topological polar surface area (TPSA) is 34.0 Å². The van der Waals surface area contributed by atoms with Crippen LogP contribution in [0.25, 0.3) is 10.9 Å². The van der Waals surface area contributed by atoms with Gasteiger partial charge < -0.3 is 5.32 Å². The summed E-state index contributed by atoms with van der Waals surface area (Å²) in [5.41, 5.74) is 6.55. The van der Waals surface area contributed by atoms with Crippen LogP contribution < -0.4 is 5.32 Å². The zero-order chi connectivity index (χ0) is 16.6. The summed E-state index contributed by atoms with van der Waals surface area (Å²) >= 11 is 0. The Hall–Kier alpha value is -2.55. The molecule has 0 saturated carbocycles. The number of nitrogens with zero attached hydrogens (tertiary/aromatic N) is 1. The first-order chi connectivity index (χ1) is 11.0. The fourth-order valence-corrected chi connectivity index (χ4v) is 3.11. The molecule has 3 rings (SSSR count). The maximum Gasteiger partial charge on any atom is 0.250 e. The van der Waals surface area contributed by atoms with Gasteiger partial charge in [0.05, 0.1) is 12.1 Å². The normalized spacial score (nSPS) is 11.0. The summed E-state index contributed by atoms with van der Waals surface area (Å²) < 4.78 is 1.82. The number of hydrogen-bond acceptors (Lipinski definition) is 2. The maximum absolute atomic E-state index is 12.7. The van der Waals surface area contributed by atoms with Crippen LogP contribution in [0.2, 0.25) is 0 Å². The van der Waals surface area contributed by atoms with E-state index in [0.717, 1.165) is 27.8 Å². The lowest BCUT2D eigenvalue weighted by molar-refractivity contribution is 0.0932. The molecule has 2 aromatic carbocycles. The third kappa shape index (κ3) is 2.74. The highest BCUT2D eigenvalue weighted by atomic mass is 16.2. The van der Waals surface area contributed by atoms with Crippen LogP contribution in [0.15, 0.2) is 42.5 Å². The molecule has 0 spiro atoms. The van der Waals surface area contributed by atoms with Crippen molar-refractivity contribution in [2.75, 3.05) is 11.9 Å². The summed E-state index contributed by atoms with van der Waals surface area (Å²) in [4.78, 5) is 12.7. The van der Waals surface area contributed by atoms with Crippen LogP contribution in [0, 0.1) is 27.7 Å². The number of aryl methyl sites for hydroxylation is 3. The first-order valence-corrected chi connectivity index (χ1v) is 7.90. The van der Waals surface area contributed by atoms with E-state index in [-0.39, 0.29) is 12.5 Å². The van der Waals surface area contributed by atoms with Gasteiger partial charge in [-0.25, -0.2) is 0 Å². The van der Waals surface area contributed by atoms with Gasteiger partial charge in [0.15, 0.2) is 0 Å². The Balaban J connectivity index is 1.88. The second-order valence-electron chi connectivity index (χ2n) is 6.13. The molecule has 1 N–H and O–H groups in total. The van der Waals surface area contributed by atoms with E-state index in [0.29, 0.717) is 0 Å². The zero-order valence-electron chi connectivity index (χ0n) is 14.1. The van der Waals surface area contributed by atoms with Crippen molar-refractivity contribution in [1.82, 2.24) is 4.57 Å². The molecule has 23 heavy (non-hydrogen) atoms. The van der Waals surface area contributed by atoms with E-state index in [2.05, 4.69) is 44.3 Å². The number of para-hydroxylation sites is 1. The summed E-state index contributed by atoms with van der Waals surface area (Å²) in [7, 11) is 0. The Morgan fingerprint density at radius 2 is 1.78 bits per heavy atom. The standard InChI is InChI=1S/C20H22N2O/c1-13-9-10-18(14(2)11-13)21-12-20(23)22-16(4)15(3)17-7-5-6-8-19(17)22/h5-11,21H,12H2,1-4H3. The quantitative estimate of drug-likeness (QED) is 0.765. The Morgan fingerprint density at radius 3 is 2.52 bits per heavy atom. The zero-order valence-corrected chi connectivity index (χ0v) is 14.1. The van der Waals surface area contributed by atoms with Crippen LogP contribution >= 0.6 is 0 Å². The molecule has 1 aromatic heterocycles. The fraction of sp³-hybridized carbons (Fsp3) is 0.250. The van der Waals surface area contributed by atoms with Crippen LogP contribution in [0.4, 0.5) is 5.69 Å². The van der Waals surface area contributed by atoms with E-state index >= 15 is 0 Å². The molecule has 0 fully saturated rings. The van der Waals surface area contributed by atoms with Crippen molar-refractivity contribution >= 4 is 22.5 Å². The number of rotatable bonds is 3. The summed E-state index contributed by atoms with van der Waals surface area (Å²) in [5.74, 6) is 0.0618. The first kappa shape index (κ1) is 15.3. The molecule has 0 bridgehead atoms. The highest BCUT2D eigenvalue weighted by Gasteiger charge is 2.15. The molecule has 0 aliphatic rings. The third-order valence-electron chi connectivity index (χ3n) is 4.49. The highest BCUT2D eigenvalue weighted by Crippen LogP contribution is 2.25. The molecular weight excluding hydrogens is 284 g/mol. The number of aromatic nitrogens is 1. The van der Waals surface area contributed by atoms with E-state index < -0.39 is 0 Å². The van der Waals surface area contributed by atoms with Gasteiger partial charge in [-0.15, -0.1) is 0 Å². The van der Waals surface area contributed by atoms with Gasteiger partial charge >= 0.3 is 0 Å².